The lowest BCUT2D eigenvalue weighted by atomic mass is 9.84. The van der Waals surface area contributed by atoms with Gasteiger partial charge in [0.25, 0.3) is 5.91 Å². The summed E-state index contributed by atoms with van der Waals surface area (Å²) in [6.45, 7) is 6.32. The average molecular weight is 985 g/mol. The minimum Gasteiger partial charge on any atom is -0.490 e. The Morgan fingerprint density at radius 2 is 1.72 bits per heavy atom. The zero-order chi connectivity index (χ0) is 49.5. The van der Waals surface area contributed by atoms with Crippen LogP contribution in [0.15, 0.2) is 91.0 Å². The van der Waals surface area contributed by atoms with E-state index in [9.17, 15) is 24.3 Å². The summed E-state index contributed by atoms with van der Waals surface area (Å²) in [5, 5.41) is 22.3. The molecule has 370 valence electrons. The van der Waals surface area contributed by atoms with Crippen LogP contribution in [0.25, 0.3) is 32.2 Å². The Hall–Kier alpha value is -6.97. The van der Waals surface area contributed by atoms with E-state index < -0.39 is 11.9 Å². The maximum absolute atomic E-state index is 13.7. The summed E-state index contributed by atoms with van der Waals surface area (Å²) in [6.07, 6.45) is 10.7. The summed E-state index contributed by atoms with van der Waals surface area (Å²) in [5.41, 5.74) is 8.72. The van der Waals surface area contributed by atoms with Gasteiger partial charge in [0.15, 0.2) is 10.8 Å². The molecule has 6 heterocycles. The number of pyridine rings is 1. The van der Waals surface area contributed by atoms with E-state index in [1.807, 2.05) is 85.4 Å². The maximum Gasteiger partial charge on any atom is 0.355 e. The smallest absolute Gasteiger partial charge is 0.355 e. The molecule has 3 aromatic heterocycles. The molecule has 72 heavy (non-hydrogen) atoms. The normalized spacial score (nSPS) is 20.4. The predicted octanol–water partition coefficient (Wildman–Crippen LogP) is 10.2. The largest absolute Gasteiger partial charge is 0.490 e. The van der Waals surface area contributed by atoms with Gasteiger partial charge in [-0.25, -0.2) is 14.8 Å². The standard InChI is InChI=1S/C57H60N8O6S/c1-34-40(41-22-24-50(59-53(41)56(69)70)65-30-27-36-10-7-12-42(45(36)33-65)54(67)61-57-58-46-13-3-4-15-49(46)72-57)11-8-14-48(34)71-39-19-16-35(17-20-39)9-5-6-28-64-29-26-38(32-64)37-18-21-43-47(31-37)63(2)62-52(43)44-23-25-51(66)60-55(44)68/h3-4,7-8,10-15,18,21-22,24,31,35,38-39,44H,5-6,9,16-17,19-20,23,25-30,32-33H2,1-2H3,(H,69,70)(H,58,61,67)(H,60,66,68)/t35?,38-,39?,44?/m0/s1. The Bertz CT molecular complexity index is 3200. The average Bonchev–Trinajstić information content (AvgIpc) is 4.12. The number of hydrogen-bond acceptors (Lipinski definition) is 11. The van der Waals surface area contributed by atoms with Crippen molar-refractivity contribution in [2.24, 2.45) is 13.0 Å². The van der Waals surface area contributed by atoms with Crippen molar-refractivity contribution in [1.29, 1.82) is 0 Å². The molecule has 2 saturated heterocycles. The van der Waals surface area contributed by atoms with E-state index in [-0.39, 0.29) is 29.5 Å². The van der Waals surface area contributed by atoms with E-state index >= 15 is 0 Å². The Balaban J connectivity index is 0.662. The number of carboxylic acids is 1. The summed E-state index contributed by atoms with van der Waals surface area (Å²) in [5.74, 6) is 0.315. The number of hydrogen-bond donors (Lipinski definition) is 3. The number of likely N-dealkylation sites (tertiary alicyclic amines) is 1. The molecular weight excluding hydrogens is 925 g/mol. The number of carbonyl (C=O) groups is 4. The number of nitrogens with one attached hydrogen (secondary N) is 2. The lowest BCUT2D eigenvalue weighted by Gasteiger charge is -2.31. The van der Waals surface area contributed by atoms with Crippen LogP contribution in [0.1, 0.15) is 125 Å². The molecule has 4 aromatic carbocycles. The fourth-order valence-corrected chi connectivity index (χ4v) is 12.5. The molecule has 3 N–H and O–H groups in total. The maximum atomic E-state index is 13.7. The molecule has 0 bridgehead atoms. The number of piperidine rings is 1. The highest BCUT2D eigenvalue weighted by Gasteiger charge is 2.33. The minimum atomic E-state index is -1.10. The third kappa shape index (κ3) is 9.71. The molecule has 11 rings (SSSR count). The minimum absolute atomic E-state index is 0.0171. The van der Waals surface area contributed by atoms with E-state index in [2.05, 4.69) is 49.7 Å². The molecule has 1 aliphatic carbocycles. The van der Waals surface area contributed by atoms with Crippen LogP contribution in [0, 0.1) is 12.8 Å². The second-order valence-electron chi connectivity index (χ2n) is 20.2. The molecule has 0 spiro atoms. The van der Waals surface area contributed by atoms with Gasteiger partial charge in [-0.1, -0.05) is 72.7 Å². The number of carboxylic acid groups (broad SMARTS) is 1. The van der Waals surface area contributed by atoms with Crippen LogP contribution in [-0.2, 0) is 29.6 Å². The zero-order valence-electron chi connectivity index (χ0n) is 40.9. The highest BCUT2D eigenvalue weighted by Crippen LogP contribution is 2.39. The molecule has 15 heteroatoms. The summed E-state index contributed by atoms with van der Waals surface area (Å²) in [4.78, 5) is 64.9. The SMILES string of the molecule is Cc1c(OC2CCC(CCCCN3CC[C@H](c4ccc5c(C6CCC(=O)NC6=O)nn(C)c5c4)C3)CC2)cccc1-c1ccc(N2CCc3cccc(C(=O)Nc4nc5ccccc5s4)c3C2)nc1C(=O)O. The Labute approximate surface area is 422 Å². The monoisotopic (exact) mass is 984 g/mol. The van der Waals surface area contributed by atoms with Gasteiger partial charge >= 0.3 is 5.97 Å². The molecule has 2 atom stereocenters. The fraction of sp³-hybridized carbons (Fsp3) is 0.386. The van der Waals surface area contributed by atoms with Crippen molar-refractivity contribution in [2.75, 3.05) is 36.4 Å². The Morgan fingerprint density at radius 3 is 2.56 bits per heavy atom. The third-order valence-electron chi connectivity index (χ3n) is 15.7. The van der Waals surface area contributed by atoms with Crippen molar-refractivity contribution in [3.05, 3.63) is 130 Å². The van der Waals surface area contributed by atoms with Crippen molar-refractivity contribution in [3.8, 4) is 16.9 Å². The first-order valence-corrected chi connectivity index (χ1v) is 26.4. The number of imide groups is 1. The van der Waals surface area contributed by atoms with Crippen LogP contribution in [0.3, 0.4) is 0 Å². The number of aromatic nitrogens is 4. The van der Waals surface area contributed by atoms with Gasteiger partial charge in [-0.15, -0.1) is 0 Å². The van der Waals surface area contributed by atoms with Crippen molar-refractivity contribution in [1.82, 2.24) is 30.0 Å². The van der Waals surface area contributed by atoms with Gasteiger partial charge in [0.1, 0.15) is 11.6 Å². The second kappa shape index (κ2) is 20.3. The molecule has 1 saturated carbocycles. The first-order chi connectivity index (χ1) is 35.0. The predicted molar refractivity (Wildman–Crippen MR) is 280 cm³/mol. The fourth-order valence-electron chi connectivity index (χ4n) is 11.7. The molecular formula is C57H60N8O6S. The summed E-state index contributed by atoms with van der Waals surface area (Å²) >= 11 is 1.44. The number of ether oxygens (including phenoxy) is 1. The van der Waals surface area contributed by atoms with Crippen molar-refractivity contribution >= 4 is 67.1 Å². The van der Waals surface area contributed by atoms with E-state index in [1.165, 1.54) is 36.2 Å². The first-order valence-electron chi connectivity index (χ1n) is 25.6. The number of anilines is 2. The van der Waals surface area contributed by atoms with E-state index in [1.54, 1.807) is 0 Å². The molecule has 7 aromatic rings. The van der Waals surface area contributed by atoms with Crippen LogP contribution in [0.2, 0.25) is 0 Å². The number of nitrogens with zero attached hydrogens (tertiary/aromatic N) is 6. The number of carbonyl (C=O) groups excluding carboxylic acids is 3. The van der Waals surface area contributed by atoms with E-state index in [0.29, 0.717) is 66.3 Å². The van der Waals surface area contributed by atoms with Crippen molar-refractivity contribution in [2.45, 2.75) is 102 Å². The second-order valence-corrected chi connectivity index (χ2v) is 21.2. The molecule has 14 nitrogen and oxygen atoms in total. The first kappa shape index (κ1) is 47.4. The molecule has 0 radical (unpaired) electrons. The number of aryl methyl sites for hydroxylation is 1. The van der Waals surface area contributed by atoms with Gasteiger partial charge in [-0.2, -0.15) is 5.10 Å². The highest BCUT2D eigenvalue weighted by molar-refractivity contribution is 7.22. The molecule has 1 unspecified atom stereocenters. The van der Waals surface area contributed by atoms with E-state index in [0.717, 1.165) is 107 Å². The quantitative estimate of drug-likeness (QED) is 0.0700. The van der Waals surface area contributed by atoms with Gasteiger partial charge in [-0.3, -0.25) is 29.7 Å². The highest BCUT2D eigenvalue weighted by atomic mass is 32.1. The van der Waals surface area contributed by atoms with Crippen LogP contribution in [0.4, 0.5) is 10.9 Å². The van der Waals surface area contributed by atoms with Gasteiger partial charge in [-0.05, 0) is 153 Å². The number of thiazole rings is 1. The summed E-state index contributed by atoms with van der Waals surface area (Å²) in [6, 6.07) is 29.8. The lowest BCUT2D eigenvalue weighted by molar-refractivity contribution is -0.134. The Kier molecular flexibility index (Phi) is 13.3. The van der Waals surface area contributed by atoms with Gasteiger partial charge in [0.2, 0.25) is 11.8 Å². The number of rotatable bonds is 14. The van der Waals surface area contributed by atoms with Gasteiger partial charge in [0.05, 0.1) is 33.4 Å². The third-order valence-corrected chi connectivity index (χ3v) is 16.6. The van der Waals surface area contributed by atoms with Gasteiger partial charge in [0, 0.05) is 49.6 Å². The van der Waals surface area contributed by atoms with Crippen molar-refractivity contribution < 1.29 is 29.0 Å². The van der Waals surface area contributed by atoms with Crippen LogP contribution >= 0.6 is 11.3 Å². The number of unbranched alkanes of at least 4 members (excludes halogenated alkanes) is 1. The van der Waals surface area contributed by atoms with Crippen molar-refractivity contribution in [3.63, 3.8) is 0 Å². The molecule has 4 aliphatic rings. The molecule has 3 amide bonds. The number of aromatic carboxylic acids is 1. The number of amides is 3. The summed E-state index contributed by atoms with van der Waals surface area (Å²) in [7, 11) is 1.93. The number of fused-ring (bicyclic) bond motifs is 3. The summed E-state index contributed by atoms with van der Waals surface area (Å²) < 4.78 is 9.57. The Morgan fingerprint density at radius 1 is 0.875 bits per heavy atom. The number of benzene rings is 4. The number of para-hydroxylation sites is 1. The van der Waals surface area contributed by atoms with Crippen LogP contribution in [0.5, 0.6) is 5.75 Å². The zero-order valence-corrected chi connectivity index (χ0v) is 41.7. The topological polar surface area (TPSA) is 172 Å². The van der Waals surface area contributed by atoms with Crippen LogP contribution in [-0.4, -0.2) is 85.7 Å². The molecule has 3 fully saturated rings. The van der Waals surface area contributed by atoms with Crippen LogP contribution < -0.4 is 20.3 Å². The van der Waals surface area contributed by atoms with E-state index in [4.69, 9.17) is 14.8 Å². The lowest BCUT2D eigenvalue weighted by Crippen LogP contribution is -2.39. The molecule has 3 aliphatic heterocycles. The van der Waals surface area contributed by atoms with Gasteiger partial charge < -0.3 is 19.6 Å².